The molecule has 0 radical (unpaired) electrons. The van der Waals surface area contributed by atoms with Gasteiger partial charge in [-0.3, -0.25) is 5.32 Å². The Kier molecular flexibility index (Phi) is 5.47. The molecule has 98 valence electrons. The summed E-state index contributed by atoms with van der Waals surface area (Å²) >= 11 is 0. The zero-order valence-electron chi connectivity index (χ0n) is 11.1. The van der Waals surface area contributed by atoms with Gasteiger partial charge in [0.15, 0.2) is 11.5 Å². The maximum absolute atomic E-state index is 9.62. The lowest BCUT2D eigenvalue weighted by Gasteiger charge is -2.18. The van der Waals surface area contributed by atoms with Gasteiger partial charge in [-0.05, 0) is 38.0 Å². The van der Waals surface area contributed by atoms with Crippen LogP contribution >= 0.6 is 0 Å². The fourth-order valence-electron chi connectivity index (χ4n) is 1.59. The molecule has 1 aromatic carbocycles. The molecule has 0 spiro atoms. The van der Waals surface area contributed by atoms with E-state index in [0.717, 1.165) is 12.0 Å². The third kappa shape index (κ3) is 3.64. The summed E-state index contributed by atoms with van der Waals surface area (Å²) in [4.78, 5) is 0. The molecule has 18 heavy (non-hydrogen) atoms. The Morgan fingerprint density at radius 3 is 2.72 bits per heavy atom. The molecular formula is C14H20N2O2. The van der Waals surface area contributed by atoms with Gasteiger partial charge >= 0.3 is 0 Å². The maximum atomic E-state index is 9.62. The number of nitrogens with zero attached hydrogens (tertiary/aromatic N) is 1. The lowest BCUT2D eigenvalue weighted by Crippen LogP contribution is -2.29. The average Bonchev–Trinajstić information content (AvgIpc) is 2.38. The summed E-state index contributed by atoms with van der Waals surface area (Å²) < 4.78 is 5.32. The van der Waals surface area contributed by atoms with E-state index in [1.807, 2.05) is 13.8 Å². The summed E-state index contributed by atoms with van der Waals surface area (Å²) in [5, 5.41) is 22.0. The van der Waals surface area contributed by atoms with Crippen molar-refractivity contribution in [3.8, 4) is 17.6 Å². The average molecular weight is 248 g/mol. The molecular weight excluding hydrogens is 228 g/mol. The van der Waals surface area contributed by atoms with E-state index in [4.69, 9.17) is 4.74 Å². The van der Waals surface area contributed by atoms with Crippen molar-refractivity contribution < 1.29 is 9.84 Å². The van der Waals surface area contributed by atoms with Crippen molar-refractivity contribution in [1.82, 2.24) is 5.32 Å². The lowest BCUT2D eigenvalue weighted by molar-refractivity contribution is 0.317. The fourth-order valence-corrected chi connectivity index (χ4v) is 1.59. The molecule has 4 heteroatoms. The highest BCUT2D eigenvalue weighted by atomic mass is 16.5. The van der Waals surface area contributed by atoms with Crippen LogP contribution in [-0.2, 0) is 0 Å². The number of aromatic hydroxyl groups is 1. The number of ether oxygens (including phenoxy) is 1. The molecule has 0 saturated carbocycles. The molecule has 2 unspecified atom stereocenters. The number of hydrogen-bond donors (Lipinski definition) is 2. The summed E-state index contributed by atoms with van der Waals surface area (Å²) in [6.45, 7) is 6.43. The summed E-state index contributed by atoms with van der Waals surface area (Å²) in [6.07, 6.45) is 0.953. The van der Waals surface area contributed by atoms with Crippen molar-refractivity contribution >= 4 is 0 Å². The van der Waals surface area contributed by atoms with Gasteiger partial charge in [0.1, 0.15) is 6.04 Å². The van der Waals surface area contributed by atoms with Crippen LogP contribution in [0.2, 0.25) is 0 Å². The SMILES string of the molecule is CCOc1cc(C(C#N)NC(C)CC)ccc1O. The molecule has 2 N–H and O–H groups in total. The summed E-state index contributed by atoms with van der Waals surface area (Å²) in [5.41, 5.74) is 0.805. The predicted molar refractivity (Wildman–Crippen MR) is 70.5 cm³/mol. The van der Waals surface area contributed by atoms with Crippen LogP contribution in [0.5, 0.6) is 11.5 Å². The summed E-state index contributed by atoms with van der Waals surface area (Å²) in [7, 11) is 0. The van der Waals surface area contributed by atoms with Crippen LogP contribution in [-0.4, -0.2) is 17.8 Å². The van der Waals surface area contributed by atoms with Gasteiger partial charge in [0.2, 0.25) is 0 Å². The van der Waals surface area contributed by atoms with E-state index >= 15 is 0 Å². The number of hydrogen-bond acceptors (Lipinski definition) is 4. The van der Waals surface area contributed by atoms with E-state index < -0.39 is 0 Å². The maximum Gasteiger partial charge on any atom is 0.161 e. The van der Waals surface area contributed by atoms with Gasteiger partial charge in [0.25, 0.3) is 0 Å². The summed E-state index contributed by atoms with van der Waals surface area (Å²) in [6, 6.07) is 7.10. The van der Waals surface area contributed by atoms with Gasteiger partial charge in [-0.2, -0.15) is 5.26 Å². The largest absolute Gasteiger partial charge is 0.504 e. The Hall–Kier alpha value is -1.73. The van der Waals surface area contributed by atoms with Crippen LogP contribution in [0.3, 0.4) is 0 Å². The normalized spacial score (nSPS) is 13.7. The van der Waals surface area contributed by atoms with Gasteiger partial charge in [0, 0.05) is 6.04 Å². The number of nitriles is 1. The molecule has 0 aliphatic heterocycles. The Morgan fingerprint density at radius 1 is 1.44 bits per heavy atom. The molecule has 1 rings (SSSR count). The lowest BCUT2D eigenvalue weighted by atomic mass is 10.1. The number of nitrogens with one attached hydrogen (secondary N) is 1. The Morgan fingerprint density at radius 2 is 2.17 bits per heavy atom. The zero-order chi connectivity index (χ0) is 13.5. The first kappa shape index (κ1) is 14.3. The van der Waals surface area contributed by atoms with Crippen LogP contribution in [0, 0.1) is 11.3 Å². The second-order valence-electron chi connectivity index (χ2n) is 4.20. The highest BCUT2D eigenvalue weighted by Gasteiger charge is 2.14. The molecule has 0 aliphatic carbocycles. The topological polar surface area (TPSA) is 65.3 Å². The summed E-state index contributed by atoms with van der Waals surface area (Å²) in [5.74, 6) is 0.516. The number of phenolic OH excluding ortho intramolecular Hbond substituents is 1. The minimum absolute atomic E-state index is 0.0980. The van der Waals surface area contributed by atoms with Crippen molar-refractivity contribution in [2.45, 2.75) is 39.3 Å². The standard InChI is InChI=1S/C14H20N2O2/c1-4-10(3)16-12(9-15)11-6-7-13(17)14(8-11)18-5-2/h6-8,10,12,16-17H,4-5H2,1-3H3. The van der Waals surface area contributed by atoms with Crippen LogP contribution in [0.4, 0.5) is 0 Å². The van der Waals surface area contributed by atoms with Crippen molar-refractivity contribution in [1.29, 1.82) is 5.26 Å². The molecule has 4 nitrogen and oxygen atoms in total. The molecule has 1 aromatic rings. The van der Waals surface area contributed by atoms with Crippen molar-refractivity contribution in [2.75, 3.05) is 6.61 Å². The van der Waals surface area contributed by atoms with Gasteiger partial charge < -0.3 is 9.84 Å². The highest BCUT2D eigenvalue weighted by Crippen LogP contribution is 2.29. The van der Waals surface area contributed by atoms with E-state index in [1.165, 1.54) is 0 Å². The minimum Gasteiger partial charge on any atom is -0.504 e. The second-order valence-corrected chi connectivity index (χ2v) is 4.20. The molecule has 0 heterocycles. The van der Waals surface area contributed by atoms with Crippen LogP contribution in [0.25, 0.3) is 0 Å². The van der Waals surface area contributed by atoms with Gasteiger partial charge in [-0.15, -0.1) is 0 Å². The number of benzene rings is 1. The molecule has 0 fully saturated rings. The van der Waals surface area contributed by atoms with Gasteiger partial charge in [-0.25, -0.2) is 0 Å². The van der Waals surface area contributed by atoms with E-state index in [1.54, 1.807) is 18.2 Å². The zero-order valence-corrected chi connectivity index (χ0v) is 11.1. The van der Waals surface area contributed by atoms with E-state index in [-0.39, 0.29) is 17.8 Å². The smallest absolute Gasteiger partial charge is 0.161 e. The Bertz CT molecular complexity index is 426. The molecule has 0 aliphatic rings. The molecule has 0 saturated heterocycles. The number of rotatable bonds is 6. The third-order valence-corrected chi connectivity index (χ3v) is 2.81. The first-order valence-corrected chi connectivity index (χ1v) is 6.23. The van der Waals surface area contributed by atoms with Crippen LogP contribution < -0.4 is 10.1 Å². The molecule has 2 atom stereocenters. The third-order valence-electron chi connectivity index (χ3n) is 2.81. The van der Waals surface area contributed by atoms with Crippen molar-refractivity contribution in [3.63, 3.8) is 0 Å². The first-order chi connectivity index (χ1) is 8.62. The monoisotopic (exact) mass is 248 g/mol. The van der Waals surface area contributed by atoms with E-state index in [0.29, 0.717) is 12.4 Å². The minimum atomic E-state index is -0.389. The quantitative estimate of drug-likeness (QED) is 0.812. The molecule has 0 amide bonds. The highest BCUT2D eigenvalue weighted by molar-refractivity contribution is 5.43. The molecule has 0 aromatic heterocycles. The van der Waals surface area contributed by atoms with E-state index in [2.05, 4.69) is 18.3 Å². The van der Waals surface area contributed by atoms with Crippen LogP contribution in [0.15, 0.2) is 18.2 Å². The van der Waals surface area contributed by atoms with Gasteiger partial charge in [-0.1, -0.05) is 13.0 Å². The first-order valence-electron chi connectivity index (χ1n) is 6.23. The Labute approximate surface area is 108 Å². The second kappa shape index (κ2) is 6.87. The van der Waals surface area contributed by atoms with Crippen molar-refractivity contribution in [2.24, 2.45) is 0 Å². The van der Waals surface area contributed by atoms with Crippen LogP contribution in [0.1, 0.15) is 38.8 Å². The fraction of sp³-hybridized carbons (Fsp3) is 0.500. The Balaban J connectivity index is 2.93. The number of phenols is 1. The van der Waals surface area contributed by atoms with Crippen molar-refractivity contribution in [3.05, 3.63) is 23.8 Å². The molecule has 0 bridgehead atoms. The van der Waals surface area contributed by atoms with E-state index in [9.17, 15) is 10.4 Å². The van der Waals surface area contributed by atoms with Gasteiger partial charge in [0.05, 0.1) is 12.7 Å². The predicted octanol–water partition coefficient (Wildman–Crippen LogP) is 2.74.